The molecule has 0 aromatic rings. The largest absolute Gasteiger partial charge is 0.351 e. The topological polar surface area (TPSA) is 58.4 Å². The zero-order chi connectivity index (χ0) is 19.0. The molecule has 0 radical (unpaired) electrons. The van der Waals surface area contributed by atoms with E-state index in [0.29, 0.717) is 13.0 Å². The number of hydrogen-bond donors (Lipinski definition) is 2. The Morgan fingerprint density at radius 3 is 1.96 bits per heavy atom. The third kappa shape index (κ3) is 16.6. The van der Waals surface area contributed by atoms with Gasteiger partial charge in [-0.3, -0.25) is 4.79 Å². The predicted octanol–water partition coefficient (Wildman–Crippen LogP) is 4.47. The van der Waals surface area contributed by atoms with E-state index >= 15 is 0 Å². The summed E-state index contributed by atoms with van der Waals surface area (Å²) in [5, 5.41) is 3.19. The van der Waals surface area contributed by atoms with Gasteiger partial charge in [0.2, 0.25) is 5.91 Å². The van der Waals surface area contributed by atoms with Gasteiger partial charge in [0.15, 0.2) is 0 Å². The molecule has 25 heavy (non-hydrogen) atoms. The van der Waals surface area contributed by atoms with Gasteiger partial charge in [0.1, 0.15) is 0 Å². The molecule has 0 aromatic carbocycles. The number of amides is 1. The highest BCUT2D eigenvalue weighted by atomic mass is 16.1. The van der Waals surface area contributed by atoms with Crippen molar-refractivity contribution < 1.29 is 4.79 Å². The maximum atomic E-state index is 12.1. The van der Waals surface area contributed by atoms with Crippen molar-refractivity contribution in [3.05, 3.63) is 0 Å². The standard InChI is InChI=1S/C21H45N3O/c1-5-6-7-8-9-10-11-12-13-14-16-21(2,3)23-20(25)15-18-24(4)19-17-22/h5-19,22H2,1-4H3,(H,23,25). The highest BCUT2D eigenvalue weighted by Gasteiger charge is 2.19. The number of rotatable bonds is 17. The average molecular weight is 356 g/mol. The molecule has 0 aliphatic carbocycles. The van der Waals surface area contributed by atoms with Crippen molar-refractivity contribution in [2.45, 2.75) is 103 Å². The predicted molar refractivity (Wildman–Crippen MR) is 110 cm³/mol. The van der Waals surface area contributed by atoms with E-state index in [1.165, 1.54) is 64.2 Å². The van der Waals surface area contributed by atoms with Gasteiger partial charge in [-0.25, -0.2) is 0 Å². The fourth-order valence-corrected chi connectivity index (χ4v) is 3.18. The van der Waals surface area contributed by atoms with Gasteiger partial charge in [0.05, 0.1) is 0 Å². The summed E-state index contributed by atoms with van der Waals surface area (Å²) >= 11 is 0. The second-order valence-corrected chi connectivity index (χ2v) is 8.21. The summed E-state index contributed by atoms with van der Waals surface area (Å²) in [6, 6.07) is 0. The second-order valence-electron chi connectivity index (χ2n) is 8.21. The van der Waals surface area contributed by atoms with Crippen LogP contribution in [0.5, 0.6) is 0 Å². The van der Waals surface area contributed by atoms with Gasteiger partial charge >= 0.3 is 0 Å². The molecule has 0 heterocycles. The van der Waals surface area contributed by atoms with Crippen molar-refractivity contribution in [2.75, 3.05) is 26.7 Å². The van der Waals surface area contributed by atoms with Crippen LogP contribution >= 0.6 is 0 Å². The number of unbranched alkanes of at least 4 members (excludes halogenated alkanes) is 9. The van der Waals surface area contributed by atoms with E-state index in [9.17, 15) is 4.79 Å². The Balaban J connectivity index is 3.61. The summed E-state index contributed by atoms with van der Waals surface area (Å²) in [6.07, 6.45) is 15.1. The Hall–Kier alpha value is -0.610. The van der Waals surface area contributed by atoms with Crippen molar-refractivity contribution in [3.8, 4) is 0 Å². The summed E-state index contributed by atoms with van der Waals surface area (Å²) in [7, 11) is 2.01. The smallest absolute Gasteiger partial charge is 0.221 e. The molecule has 0 atom stereocenters. The highest BCUT2D eigenvalue weighted by molar-refractivity contribution is 5.76. The molecular weight excluding hydrogens is 310 g/mol. The summed E-state index contributed by atoms with van der Waals surface area (Å²) < 4.78 is 0. The molecule has 0 aliphatic rings. The summed E-state index contributed by atoms with van der Waals surface area (Å²) in [5.41, 5.74) is 5.43. The van der Waals surface area contributed by atoms with Gasteiger partial charge in [0.25, 0.3) is 0 Å². The summed E-state index contributed by atoms with van der Waals surface area (Å²) in [5.74, 6) is 0.154. The van der Waals surface area contributed by atoms with E-state index in [1.54, 1.807) is 0 Å². The van der Waals surface area contributed by atoms with Gasteiger partial charge in [-0.15, -0.1) is 0 Å². The van der Waals surface area contributed by atoms with Crippen molar-refractivity contribution in [1.82, 2.24) is 10.2 Å². The summed E-state index contributed by atoms with van der Waals surface area (Å²) in [6.45, 7) is 8.81. The number of carbonyl (C=O) groups is 1. The van der Waals surface area contributed by atoms with Crippen LogP contribution in [0.15, 0.2) is 0 Å². The van der Waals surface area contributed by atoms with Crippen LogP contribution in [0, 0.1) is 0 Å². The van der Waals surface area contributed by atoms with Gasteiger partial charge in [-0.05, 0) is 27.3 Å². The van der Waals surface area contributed by atoms with Gasteiger partial charge < -0.3 is 16.0 Å². The maximum absolute atomic E-state index is 12.1. The van der Waals surface area contributed by atoms with Crippen molar-refractivity contribution >= 4 is 5.91 Å². The zero-order valence-corrected chi connectivity index (χ0v) is 17.5. The fourth-order valence-electron chi connectivity index (χ4n) is 3.18. The molecule has 0 rings (SSSR count). The van der Waals surface area contributed by atoms with Gasteiger partial charge in [-0.2, -0.15) is 0 Å². The number of carbonyl (C=O) groups excluding carboxylic acids is 1. The quantitative estimate of drug-likeness (QED) is 0.378. The molecule has 4 heteroatoms. The first-order valence-electron chi connectivity index (χ1n) is 10.6. The molecule has 0 saturated heterocycles. The van der Waals surface area contributed by atoms with Crippen molar-refractivity contribution in [3.63, 3.8) is 0 Å². The SMILES string of the molecule is CCCCCCCCCCCCC(C)(C)NC(=O)CCN(C)CCN. The van der Waals surface area contributed by atoms with E-state index in [4.69, 9.17) is 5.73 Å². The van der Waals surface area contributed by atoms with Crippen LogP contribution in [-0.2, 0) is 4.79 Å². The van der Waals surface area contributed by atoms with Gasteiger partial charge in [-0.1, -0.05) is 71.1 Å². The van der Waals surface area contributed by atoms with Crippen LogP contribution in [-0.4, -0.2) is 43.0 Å². The molecule has 0 fully saturated rings. The maximum Gasteiger partial charge on any atom is 0.221 e. The molecule has 1 amide bonds. The van der Waals surface area contributed by atoms with Crippen molar-refractivity contribution in [2.24, 2.45) is 5.73 Å². The number of likely N-dealkylation sites (N-methyl/N-ethyl adjacent to an activating group) is 1. The number of nitrogens with zero attached hydrogens (tertiary/aromatic N) is 1. The third-order valence-electron chi connectivity index (χ3n) is 4.86. The molecule has 150 valence electrons. The first-order chi connectivity index (χ1) is 11.9. The first-order valence-corrected chi connectivity index (χ1v) is 10.6. The lowest BCUT2D eigenvalue weighted by molar-refractivity contribution is -0.123. The Morgan fingerprint density at radius 2 is 1.44 bits per heavy atom. The Kier molecular flexibility index (Phi) is 15.2. The van der Waals surface area contributed by atoms with E-state index in [1.807, 2.05) is 7.05 Å². The second kappa shape index (κ2) is 15.6. The van der Waals surface area contributed by atoms with Gasteiger partial charge in [0, 0.05) is 31.6 Å². The van der Waals surface area contributed by atoms with Crippen LogP contribution in [0.4, 0.5) is 0 Å². The normalized spacial score (nSPS) is 11.9. The van der Waals surface area contributed by atoms with E-state index in [0.717, 1.165) is 19.5 Å². The monoisotopic (exact) mass is 355 g/mol. The zero-order valence-electron chi connectivity index (χ0n) is 17.5. The average Bonchev–Trinajstić information content (AvgIpc) is 2.54. The number of nitrogens with one attached hydrogen (secondary N) is 1. The molecule has 0 bridgehead atoms. The van der Waals surface area contributed by atoms with E-state index in [2.05, 4.69) is 31.0 Å². The molecule has 0 aliphatic heterocycles. The molecule has 0 saturated carbocycles. The van der Waals surface area contributed by atoms with Crippen molar-refractivity contribution in [1.29, 1.82) is 0 Å². The van der Waals surface area contributed by atoms with E-state index in [-0.39, 0.29) is 11.4 Å². The molecule has 3 N–H and O–H groups in total. The molecule has 4 nitrogen and oxygen atoms in total. The molecule has 0 unspecified atom stereocenters. The molecule has 0 aromatic heterocycles. The molecular formula is C21H45N3O. The lowest BCUT2D eigenvalue weighted by Crippen LogP contribution is -2.44. The number of hydrogen-bond acceptors (Lipinski definition) is 3. The van der Waals surface area contributed by atoms with E-state index < -0.39 is 0 Å². The fraction of sp³-hybridized carbons (Fsp3) is 0.952. The van der Waals surface area contributed by atoms with Crippen LogP contribution in [0.1, 0.15) is 97.8 Å². The Morgan fingerprint density at radius 1 is 0.920 bits per heavy atom. The lowest BCUT2D eigenvalue weighted by Gasteiger charge is -2.27. The molecule has 0 spiro atoms. The minimum Gasteiger partial charge on any atom is -0.351 e. The lowest BCUT2D eigenvalue weighted by atomic mass is 9.95. The van der Waals surface area contributed by atoms with Crippen LogP contribution in [0.25, 0.3) is 0 Å². The van der Waals surface area contributed by atoms with Crippen LogP contribution in [0.3, 0.4) is 0 Å². The van der Waals surface area contributed by atoms with Crippen LogP contribution in [0.2, 0.25) is 0 Å². The van der Waals surface area contributed by atoms with Crippen LogP contribution < -0.4 is 11.1 Å². The number of nitrogens with two attached hydrogens (primary N) is 1. The summed E-state index contributed by atoms with van der Waals surface area (Å²) in [4.78, 5) is 14.2. The Labute approximate surface area is 157 Å². The minimum atomic E-state index is -0.0936. The Bertz CT molecular complexity index is 318. The highest BCUT2D eigenvalue weighted by Crippen LogP contribution is 2.16. The third-order valence-corrected chi connectivity index (χ3v) is 4.86. The first kappa shape index (κ1) is 24.4. The minimum absolute atomic E-state index is 0.0936.